The topological polar surface area (TPSA) is 57.9 Å². The summed E-state index contributed by atoms with van der Waals surface area (Å²) < 4.78 is 0. The van der Waals surface area contributed by atoms with Gasteiger partial charge in [-0.05, 0) is 129 Å². The predicted octanol–water partition coefficient (Wildman–Crippen LogP) is 7.34. The Balaban J connectivity index is 1.06. The Bertz CT molecular complexity index is 955. The molecule has 0 bridgehead atoms. The first-order valence-corrected chi connectivity index (χ1v) is 13.8. The number of hydrogen-bond acceptors (Lipinski definition) is 4. The van der Waals surface area contributed by atoms with Crippen LogP contribution in [0.5, 0.6) is 0 Å². The normalized spacial score (nSPS) is 42.5. The van der Waals surface area contributed by atoms with E-state index in [1.54, 1.807) is 44.6 Å². The highest BCUT2D eigenvalue weighted by Crippen LogP contribution is 2.91. The van der Waals surface area contributed by atoms with Gasteiger partial charge in [0, 0.05) is 5.69 Å². The second-order valence-corrected chi connectivity index (χ2v) is 12.5. The first kappa shape index (κ1) is 21.8. The number of nitriles is 1. The summed E-state index contributed by atoms with van der Waals surface area (Å²) in [6, 6.07) is 2.02. The van der Waals surface area contributed by atoms with Crippen molar-refractivity contribution in [1.29, 1.82) is 5.26 Å². The molecule has 6 rings (SSSR count). The van der Waals surface area contributed by atoms with Gasteiger partial charge < -0.3 is 4.84 Å². The molecule has 4 heteroatoms. The van der Waals surface area contributed by atoms with Gasteiger partial charge in [0.05, 0.1) is 11.9 Å². The number of rotatable bonds is 7. The minimum Gasteiger partial charge on any atom is -0.302 e. The quantitative estimate of drug-likeness (QED) is 0.270. The Morgan fingerprint density at radius 2 is 1.97 bits per heavy atom. The van der Waals surface area contributed by atoms with Crippen molar-refractivity contribution in [3.63, 3.8) is 0 Å². The third kappa shape index (κ3) is 2.96. The maximum Gasteiger partial charge on any atom is 0.314 e. The largest absolute Gasteiger partial charge is 0.314 e. The van der Waals surface area contributed by atoms with Gasteiger partial charge in [-0.25, -0.2) is 5.48 Å². The summed E-state index contributed by atoms with van der Waals surface area (Å²) in [4.78, 5) is 9.22. The number of nitrogens with zero attached hydrogens (tertiary/aromatic N) is 2. The molecule has 5 saturated carbocycles. The number of pyridine rings is 1. The molecule has 1 aromatic rings. The maximum absolute atomic E-state index is 8.53. The number of aryl methyl sites for hydroxylation is 2. The van der Waals surface area contributed by atoms with Crippen molar-refractivity contribution < 1.29 is 4.84 Å². The van der Waals surface area contributed by atoms with Gasteiger partial charge in [0.1, 0.15) is 0 Å². The highest BCUT2D eigenvalue weighted by molar-refractivity contribution is 5.42. The monoisotopic (exact) mass is 447 g/mol. The SMILES string of the molecule is Cc1cc(NOC#N)cnc1CCCCC1CCC2C1(C)CCC1C34CCCCC3CCC214. The summed E-state index contributed by atoms with van der Waals surface area (Å²) in [6.07, 6.45) is 23.9. The van der Waals surface area contributed by atoms with Gasteiger partial charge in [0.15, 0.2) is 0 Å². The number of aromatic nitrogens is 1. The van der Waals surface area contributed by atoms with E-state index in [0.717, 1.165) is 46.6 Å². The molecule has 0 amide bonds. The van der Waals surface area contributed by atoms with E-state index in [1.807, 2.05) is 6.07 Å². The molecule has 5 fully saturated rings. The molecule has 1 aromatic heterocycles. The lowest BCUT2D eigenvalue weighted by molar-refractivity contribution is 0.0304. The predicted molar refractivity (Wildman–Crippen MR) is 130 cm³/mol. The first-order chi connectivity index (χ1) is 16.1. The van der Waals surface area contributed by atoms with Crippen molar-refractivity contribution in [2.45, 2.75) is 104 Å². The van der Waals surface area contributed by atoms with Crippen molar-refractivity contribution in [2.24, 2.45) is 39.9 Å². The molecule has 1 heterocycles. The van der Waals surface area contributed by atoms with Crippen LogP contribution in [0.4, 0.5) is 5.69 Å². The lowest BCUT2D eigenvalue weighted by Gasteiger charge is -2.45. The van der Waals surface area contributed by atoms with Gasteiger partial charge >= 0.3 is 6.26 Å². The molecule has 2 spiro atoms. The molecule has 0 radical (unpaired) electrons. The molecule has 33 heavy (non-hydrogen) atoms. The zero-order chi connectivity index (χ0) is 22.7. The number of nitrogens with one attached hydrogen (secondary N) is 1. The second-order valence-electron chi connectivity index (χ2n) is 12.5. The van der Waals surface area contributed by atoms with E-state index in [1.165, 1.54) is 62.6 Å². The number of anilines is 1. The molecule has 1 N–H and O–H groups in total. The molecule has 0 saturated heterocycles. The average molecular weight is 448 g/mol. The van der Waals surface area contributed by atoms with Crippen LogP contribution in [0, 0.1) is 58.4 Å². The standard InChI is InChI=1S/C29H41N3O/c1-20-17-23(32-33-19-30)18-31-24(20)9-4-3-7-21-10-11-25-27(21,2)15-13-26-28-14-6-5-8-22(28)12-16-29(25,26)28/h17-18,21-22,25-26,32H,3-16H2,1-2H3. The van der Waals surface area contributed by atoms with Gasteiger partial charge in [-0.2, -0.15) is 0 Å². The lowest BCUT2D eigenvalue weighted by atomic mass is 9.59. The molecule has 7 atom stereocenters. The van der Waals surface area contributed by atoms with Gasteiger partial charge in [-0.15, -0.1) is 5.26 Å². The van der Waals surface area contributed by atoms with Crippen LogP contribution in [0.25, 0.3) is 0 Å². The summed E-state index contributed by atoms with van der Waals surface area (Å²) in [5.41, 5.74) is 7.92. The van der Waals surface area contributed by atoms with Crippen LogP contribution in [-0.4, -0.2) is 4.98 Å². The van der Waals surface area contributed by atoms with E-state index < -0.39 is 0 Å². The first-order valence-electron chi connectivity index (χ1n) is 13.8. The summed E-state index contributed by atoms with van der Waals surface area (Å²) in [7, 11) is 0. The third-order valence-electron chi connectivity index (χ3n) is 11.8. The van der Waals surface area contributed by atoms with Crippen LogP contribution >= 0.6 is 0 Å². The number of fused-ring (bicyclic) bond motifs is 1. The van der Waals surface area contributed by atoms with E-state index in [4.69, 9.17) is 5.26 Å². The molecule has 0 aliphatic heterocycles. The molecule has 5 aliphatic carbocycles. The zero-order valence-electron chi connectivity index (χ0n) is 20.7. The Labute approximate surface area is 199 Å². The van der Waals surface area contributed by atoms with Crippen LogP contribution in [0.2, 0.25) is 0 Å². The average Bonchev–Trinajstić information content (AvgIpc) is 3.06. The molecule has 4 nitrogen and oxygen atoms in total. The Hall–Kier alpha value is -1.76. The van der Waals surface area contributed by atoms with Crippen molar-refractivity contribution in [1.82, 2.24) is 4.98 Å². The highest BCUT2D eigenvalue weighted by atomic mass is 16.6. The Kier molecular flexibility index (Phi) is 5.20. The van der Waals surface area contributed by atoms with Crippen molar-refractivity contribution in [3.8, 4) is 6.26 Å². The van der Waals surface area contributed by atoms with Gasteiger partial charge in [-0.3, -0.25) is 4.98 Å². The summed E-state index contributed by atoms with van der Waals surface area (Å²) in [6.45, 7) is 4.83. The molecular weight excluding hydrogens is 406 g/mol. The van der Waals surface area contributed by atoms with E-state index >= 15 is 0 Å². The zero-order valence-corrected chi connectivity index (χ0v) is 20.7. The smallest absolute Gasteiger partial charge is 0.302 e. The van der Waals surface area contributed by atoms with Gasteiger partial charge in [-0.1, -0.05) is 26.2 Å². The van der Waals surface area contributed by atoms with Crippen LogP contribution < -0.4 is 5.48 Å². The number of unbranched alkanes of at least 4 members (excludes halogenated alkanes) is 1. The highest BCUT2D eigenvalue weighted by Gasteiger charge is 2.85. The van der Waals surface area contributed by atoms with Crippen molar-refractivity contribution >= 4 is 5.69 Å². The third-order valence-corrected chi connectivity index (χ3v) is 11.8. The fourth-order valence-electron chi connectivity index (χ4n) is 10.7. The van der Waals surface area contributed by atoms with E-state index in [-0.39, 0.29) is 0 Å². The van der Waals surface area contributed by atoms with Crippen molar-refractivity contribution in [3.05, 3.63) is 23.5 Å². The summed E-state index contributed by atoms with van der Waals surface area (Å²) in [5, 5.41) is 8.53. The van der Waals surface area contributed by atoms with E-state index in [9.17, 15) is 0 Å². The summed E-state index contributed by atoms with van der Waals surface area (Å²) in [5.74, 6) is 4.20. The summed E-state index contributed by atoms with van der Waals surface area (Å²) >= 11 is 0. The minimum absolute atomic E-state index is 0.620. The number of hydrogen-bond donors (Lipinski definition) is 1. The minimum atomic E-state index is 0.620. The molecule has 5 aliphatic rings. The second kappa shape index (κ2) is 7.89. The van der Waals surface area contributed by atoms with E-state index in [0.29, 0.717) is 5.41 Å². The van der Waals surface area contributed by atoms with Gasteiger partial charge in [0.2, 0.25) is 0 Å². The van der Waals surface area contributed by atoms with E-state index in [2.05, 4.69) is 29.1 Å². The fraction of sp³-hybridized carbons (Fsp3) is 0.793. The molecule has 0 aromatic carbocycles. The molecular formula is C29H41N3O. The van der Waals surface area contributed by atoms with Gasteiger partial charge in [0.25, 0.3) is 0 Å². The Morgan fingerprint density at radius 1 is 1.06 bits per heavy atom. The molecule has 7 unspecified atom stereocenters. The molecule has 178 valence electrons. The van der Waals surface area contributed by atoms with Crippen LogP contribution in [0.1, 0.15) is 102 Å². The van der Waals surface area contributed by atoms with Crippen LogP contribution in [0.15, 0.2) is 12.3 Å². The fourth-order valence-corrected chi connectivity index (χ4v) is 10.7. The van der Waals surface area contributed by atoms with Crippen LogP contribution in [0.3, 0.4) is 0 Å². The lowest BCUT2D eigenvalue weighted by Crippen LogP contribution is -2.38. The van der Waals surface area contributed by atoms with Crippen LogP contribution in [-0.2, 0) is 11.3 Å². The Morgan fingerprint density at radius 3 is 2.82 bits per heavy atom. The van der Waals surface area contributed by atoms with Crippen molar-refractivity contribution in [2.75, 3.05) is 5.48 Å². The maximum atomic E-state index is 8.53.